The van der Waals surface area contributed by atoms with E-state index in [2.05, 4.69) is 0 Å². The van der Waals surface area contributed by atoms with E-state index in [4.69, 9.17) is 14.5 Å². The minimum atomic E-state index is -0.955. The molecule has 0 aliphatic carbocycles. The first-order valence-corrected chi connectivity index (χ1v) is 11.8. The average Bonchev–Trinajstić information content (AvgIpc) is 2.87. The van der Waals surface area contributed by atoms with E-state index in [0.29, 0.717) is 16.7 Å². The number of rotatable bonds is 10. The van der Waals surface area contributed by atoms with E-state index in [9.17, 15) is 9.59 Å². The largest absolute Gasteiger partial charge is 0.429 e. The van der Waals surface area contributed by atoms with Crippen LogP contribution in [-0.2, 0) is 20.1 Å². The normalized spacial score (nSPS) is 12.9. The molecule has 0 heterocycles. The summed E-state index contributed by atoms with van der Waals surface area (Å²) < 4.78 is 5.81. The lowest BCUT2D eigenvalue weighted by Gasteiger charge is -2.37. The van der Waals surface area contributed by atoms with Gasteiger partial charge < -0.3 is 4.74 Å². The number of ketones is 1. The smallest absolute Gasteiger partial charge is 0.340 e. The third-order valence-corrected chi connectivity index (χ3v) is 6.54. The van der Waals surface area contributed by atoms with Crippen LogP contribution in [0.1, 0.15) is 73.4 Å². The van der Waals surface area contributed by atoms with Gasteiger partial charge in [0.25, 0.3) is 0 Å². The predicted octanol–water partition coefficient (Wildman–Crippen LogP) is 6.97. The molecule has 0 saturated carbocycles. The summed E-state index contributed by atoms with van der Waals surface area (Å²) >= 11 is 0. The molecule has 3 aromatic rings. The van der Waals surface area contributed by atoms with Crippen molar-refractivity contribution >= 4 is 11.8 Å². The van der Waals surface area contributed by atoms with Crippen molar-refractivity contribution in [1.82, 2.24) is 0 Å². The Hall–Kier alpha value is -3.28. The summed E-state index contributed by atoms with van der Waals surface area (Å²) in [4.78, 5) is 37.3. The van der Waals surface area contributed by atoms with Crippen LogP contribution in [0.25, 0.3) is 0 Å². The van der Waals surface area contributed by atoms with Gasteiger partial charge in [0, 0.05) is 16.5 Å². The average molecular weight is 475 g/mol. The summed E-state index contributed by atoms with van der Waals surface area (Å²) in [5.74, 6) is -0.526. The van der Waals surface area contributed by atoms with Crippen LogP contribution < -0.4 is 0 Å². The van der Waals surface area contributed by atoms with Gasteiger partial charge in [0.05, 0.1) is 5.56 Å². The summed E-state index contributed by atoms with van der Waals surface area (Å²) in [6.45, 7) is 11.8. The standard InChI is InChI=1S/C30H34O5/c1-21(2)29(3,4)28(34-35-30(5,6)25-15-11-8-12-16-25)33-27(32)24-19-17-23(18-20-24)26(31)22-13-9-7-10-14-22/h7-21,28H,1-6H3. The Labute approximate surface area is 208 Å². The molecule has 5 heteroatoms. The van der Waals surface area contributed by atoms with Crippen molar-refractivity contribution in [1.29, 1.82) is 0 Å². The van der Waals surface area contributed by atoms with Gasteiger partial charge in [0.1, 0.15) is 5.60 Å². The van der Waals surface area contributed by atoms with Crippen molar-refractivity contribution < 1.29 is 24.1 Å². The molecule has 0 spiro atoms. The Morgan fingerprint density at radius 1 is 0.686 bits per heavy atom. The molecule has 0 aromatic heterocycles. The van der Waals surface area contributed by atoms with E-state index in [1.54, 1.807) is 36.4 Å². The summed E-state index contributed by atoms with van der Waals surface area (Å²) in [6, 6.07) is 25.2. The van der Waals surface area contributed by atoms with Crippen LogP contribution in [0.3, 0.4) is 0 Å². The summed E-state index contributed by atoms with van der Waals surface area (Å²) in [6.07, 6.45) is -0.955. The molecule has 0 saturated heterocycles. The van der Waals surface area contributed by atoms with Crippen LogP contribution in [0, 0.1) is 11.3 Å². The predicted molar refractivity (Wildman–Crippen MR) is 136 cm³/mol. The Bertz CT molecular complexity index is 1120. The lowest BCUT2D eigenvalue weighted by Crippen LogP contribution is -2.41. The third kappa shape index (κ3) is 6.44. The van der Waals surface area contributed by atoms with Crippen LogP contribution >= 0.6 is 0 Å². The first-order chi connectivity index (χ1) is 16.5. The van der Waals surface area contributed by atoms with Gasteiger partial charge in [-0.25, -0.2) is 9.68 Å². The molecule has 0 aliphatic rings. The van der Waals surface area contributed by atoms with E-state index in [0.717, 1.165) is 5.56 Å². The minimum absolute atomic E-state index is 0.107. The Morgan fingerprint density at radius 3 is 1.71 bits per heavy atom. The molecule has 0 amide bonds. The van der Waals surface area contributed by atoms with Crippen LogP contribution in [0.5, 0.6) is 0 Å². The molecule has 35 heavy (non-hydrogen) atoms. The van der Waals surface area contributed by atoms with E-state index in [-0.39, 0.29) is 11.7 Å². The lowest BCUT2D eigenvalue weighted by atomic mass is 9.80. The molecule has 1 atom stereocenters. The van der Waals surface area contributed by atoms with Gasteiger partial charge in [-0.15, -0.1) is 0 Å². The number of carbonyl (C=O) groups is 2. The van der Waals surface area contributed by atoms with Gasteiger partial charge >= 0.3 is 5.97 Å². The fourth-order valence-corrected chi connectivity index (χ4v) is 3.30. The zero-order valence-corrected chi connectivity index (χ0v) is 21.3. The summed E-state index contributed by atoms with van der Waals surface area (Å²) in [7, 11) is 0. The SMILES string of the molecule is CC(C)C(C)(C)C(OOC(C)(C)c1ccccc1)OC(=O)c1ccc(C(=O)c2ccccc2)cc1. The van der Waals surface area contributed by atoms with Crippen LogP contribution in [0.4, 0.5) is 0 Å². The molecule has 5 nitrogen and oxygen atoms in total. The van der Waals surface area contributed by atoms with Crippen LogP contribution in [0.15, 0.2) is 84.9 Å². The lowest BCUT2D eigenvalue weighted by molar-refractivity contribution is -0.434. The summed E-state index contributed by atoms with van der Waals surface area (Å²) in [5.41, 5.74) is 1.06. The number of benzene rings is 3. The first-order valence-electron chi connectivity index (χ1n) is 11.8. The Kier molecular flexibility index (Phi) is 8.26. The van der Waals surface area contributed by atoms with Crippen molar-refractivity contribution in [2.24, 2.45) is 11.3 Å². The maximum absolute atomic E-state index is 13.0. The monoisotopic (exact) mass is 474 g/mol. The zero-order chi connectivity index (χ0) is 25.6. The van der Waals surface area contributed by atoms with Crippen LogP contribution in [-0.4, -0.2) is 18.0 Å². The highest BCUT2D eigenvalue weighted by atomic mass is 17.2. The van der Waals surface area contributed by atoms with Gasteiger partial charge in [-0.3, -0.25) is 4.79 Å². The molecular weight excluding hydrogens is 440 g/mol. The van der Waals surface area contributed by atoms with Crippen molar-refractivity contribution in [3.05, 3.63) is 107 Å². The topological polar surface area (TPSA) is 61.8 Å². The van der Waals surface area contributed by atoms with Gasteiger partial charge in [-0.1, -0.05) is 100 Å². The van der Waals surface area contributed by atoms with E-state index < -0.39 is 23.3 Å². The molecule has 0 aliphatic heterocycles. The number of hydrogen-bond acceptors (Lipinski definition) is 5. The third-order valence-electron chi connectivity index (χ3n) is 6.54. The van der Waals surface area contributed by atoms with Gasteiger partial charge in [0.15, 0.2) is 5.78 Å². The molecule has 3 rings (SSSR count). The second kappa shape index (κ2) is 11.0. The molecule has 1 unspecified atom stereocenters. The second-order valence-electron chi connectivity index (χ2n) is 10.0. The number of hydrogen-bond donors (Lipinski definition) is 0. The minimum Gasteiger partial charge on any atom is -0.429 e. The van der Waals surface area contributed by atoms with Crippen molar-refractivity contribution in [2.45, 2.75) is 53.4 Å². The number of carbonyl (C=O) groups excluding carboxylic acids is 2. The maximum atomic E-state index is 13.0. The molecule has 0 radical (unpaired) electrons. The first kappa shape index (κ1) is 26.3. The van der Waals surface area contributed by atoms with E-state index >= 15 is 0 Å². The van der Waals surface area contributed by atoms with Gasteiger partial charge in [-0.2, -0.15) is 4.89 Å². The molecular formula is C30H34O5. The highest BCUT2D eigenvalue weighted by Gasteiger charge is 2.39. The van der Waals surface area contributed by atoms with Crippen molar-refractivity contribution in [3.63, 3.8) is 0 Å². The molecule has 0 bridgehead atoms. The van der Waals surface area contributed by atoms with E-state index in [1.165, 1.54) is 0 Å². The van der Waals surface area contributed by atoms with Crippen LogP contribution in [0.2, 0.25) is 0 Å². The van der Waals surface area contributed by atoms with Crippen molar-refractivity contribution in [3.8, 4) is 0 Å². The molecule has 184 valence electrons. The van der Waals surface area contributed by atoms with Gasteiger partial charge in [0.2, 0.25) is 6.29 Å². The number of esters is 1. The fraction of sp³-hybridized carbons (Fsp3) is 0.333. The maximum Gasteiger partial charge on any atom is 0.340 e. The quantitative estimate of drug-likeness (QED) is 0.104. The fourth-order valence-electron chi connectivity index (χ4n) is 3.30. The Balaban J connectivity index is 1.75. The molecule has 3 aromatic carbocycles. The Morgan fingerprint density at radius 2 is 1.17 bits per heavy atom. The van der Waals surface area contributed by atoms with E-state index in [1.807, 2.05) is 90.1 Å². The number of ether oxygens (including phenoxy) is 1. The van der Waals surface area contributed by atoms with Gasteiger partial charge in [-0.05, 0) is 37.5 Å². The molecule has 0 N–H and O–H groups in total. The second-order valence-corrected chi connectivity index (χ2v) is 10.0. The summed E-state index contributed by atoms with van der Waals surface area (Å²) in [5, 5.41) is 0. The highest BCUT2D eigenvalue weighted by Crippen LogP contribution is 2.36. The molecule has 0 fully saturated rings. The zero-order valence-electron chi connectivity index (χ0n) is 21.3. The highest BCUT2D eigenvalue weighted by molar-refractivity contribution is 6.09. The van der Waals surface area contributed by atoms with Crippen molar-refractivity contribution in [2.75, 3.05) is 0 Å².